The zero-order valence-corrected chi connectivity index (χ0v) is 31.7. The minimum Gasteiger partial charge on any atom is -0.507 e. The van der Waals surface area contributed by atoms with Crippen molar-refractivity contribution in [3.63, 3.8) is 0 Å². The first-order valence-electron chi connectivity index (χ1n) is 13.2. The van der Waals surface area contributed by atoms with Crippen LogP contribution in [0.15, 0.2) is 68.1 Å². The molecule has 0 saturated carbocycles. The van der Waals surface area contributed by atoms with Crippen molar-refractivity contribution in [1.29, 1.82) is 0 Å². The van der Waals surface area contributed by atoms with Crippen LogP contribution in [0.25, 0.3) is 0 Å². The molecule has 5 rings (SSSR count). The third-order valence-electron chi connectivity index (χ3n) is 7.68. The molecule has 0 aliphatic heterocycles. The van der Waals surface area contributed by atoms with Crippen molar-refractivity contribution in [2.45, 2.75) is 45.3 Å². The number of fused-ring (bicyclic) bond motifs is 8. The van der Waals surface area contributed by atoms with Crippen molar-refractivity contribution >= 4 is 40.5 Å². The first kappa shape index (κ1) is 61.6. The van der Waals surface area contributed by atoms with Gasteiger partial charge in [-0.3, -0.25) is 18.2 Å². The molecule has 0 atom stereocenters. The second kappa shape index (κ2) is 20.7. The van der Waals surface area contributed by atoms with E-state index in [0.29, 0.717) is 0 Å². The van der Waals surface area contributed by atoms with Crippen LogP contribution in [0.3, 0.4) is 0 Å². The van der Waals surface area contributed by atoms with E-state index in [1.54, 1.807) is 0 Å². The number of hydrogen-bond donors (Lipinski definition) is 8. The molecule has 0 saturated heterocycles. The predicted molar refractivity (Wildman–Crippen MR) is 195 cm³/mol. The summed E-state index contributed by atoms with van der Waals surface area (Å²) in [5.74, 6) is -2.81. The fourth-order valence-electron chi connectivity index (χ4n) is 5.41. The molecule has 8 bridgehead atoms. The van der Waals surface area contributed by atoms with Gasteiger partial charge in [0.05, 0.1) is 19.6 Å². The Morgan fingerprint density at radius 2 is 0.386 bits per heavy atom. The van der Waals surface area contributed by atoms with E-state index >= 15 is 0 Å². The normalized spacial score (nSPS) is 11.9. The van der Waals surface area contributed by atoms with E-state index in [1.807, 2.05) is 0 Å². The minimum absolute atomic E-state index is 0. The van der Waals surface area contributed by atoms with Crippen LogP contribution >= 0.6 is 0 Å². The average Bonchev–Trinajstić information content (AvgIpc) is 2.93. The van der Waals surface area contributed by atoms with Gasteiger partial charge in [0.15, 0.2) is 0 Å². The van der Waals surface area contributed by atoms with Crippen LogP contribution < -0.4 is 0 Å². The summed E-state index contributed by atoms with van der Waals surface area (Å²) in [5.41, 5.74) is -2.85. The van der Waals surface area contributed by atoms with E-state index in [2.05, 4.69) is 0 Å². The molecule has 0 amide bonds. The number of phenols is 4. The van der Waals surface area contributed by atoms with Gasteiger partial charge in [0.2, 0.25) is 0 Å². The third-order valence-corrected chi connectivity index (χ3v) is 11.0. The first-order chi connectivity index (χ1) is 21.9. The summed E-state index contributed by atoms with van der Waals surface area (Å²) in [6, 6.07) is 6.25. The molecule has 1 aliphatic rings. The lowest BCUT2D eigenvalue weighted by molar-refractivity contribution is 0.449. The highest BCUT2D eigenvalue weighted by molar-refractivity contribution is 7.86. The average molecular weight is 907 g/mol. The molecule has 4 aromatic carbocycles. The molecule has 0 spiro atoms. The SMILES string of the molecule is O.O.O.O.O.O.O.O.O.O=S(=O)(O)c1cc2c(O)c(c1)Cc1cc(S(=O)(=O)O)cc(c1O)Cc1cc(S(=O)(=O)O)cc(c1O)Cc1cc(S(=O)(=O)O)cc(c1O)C2. The van der Waals surface area contributed by atoms with E-state index in [1.165, 1.54) is 0 Å². The molecule has 25 nitrogen and oxygen atoms in total. The Morgan fingerprint density at radius 1 is 0.281 bits per heavy atom. The van der Waals surface area contributed by atoms with Crippen LogP contribution in [0.4, 0.5) is 0 Å². The van der Waals surface area contributed by atoms with Gasteiger partial charge in [0, 0.05) is 70.2 Å². The third kappa shape index (κ3) is 12.7. The van der Waals surface area contributed by atoms with Gasteiger partial charge in [-0.1, -0.05) is 0 Å². The Kier molecular flexibility index (Phi) is 22.3. The molecule has 0 unspecified atom stereocenters. The lowest BCUT2D eigenvalue weighted by Crippen LogP contribution is -2.08. The number of aromatic hydroxyl groups is 4. The van der Waals surface area contributed by atoms with Gasteiger partial charge in [-0.05, 0) is 48.5 Å². The van der Waals surface area contributed by atoms with Crippen molar-refractivity contribution in [2.75, 3.05) is 0 Å². The van der Waals surface area contributed by atoms with Crippen molar-refractivity contribution in [3.8, 4) is 23.0 Å². The summed E-state index contributed by atoms with van der Waals surface area (Å²) in [7, 11) is -20.0. The number of hydrogen-bond acceptors (Lipinski definition) is 12. The lowest BCUT2D eigenvalue weighted by atomic mass is 9.91. The van der Waals surface area contributed by atoms with Gasteiger partial charge < -0.3 is 69.7 Å². The highest BCUT2D eigenvalue weighted by Crippen LogP contribution is 2.40. The zero-order valence-electron chi connectivity index (χ0n) is 28.4. The molecule has 26 N–H and O–H groups in total. The second-order valence-corrected chi connectivity index (χ2v) is 16.7. The highest BCUT2D eigenvalue weighted by atomic mass is 32.2. The number of phenolic OH excluding ortho intramolecular Hbond substituents is 4. The summed E-state index contributed by atoms with van der Waals surface area (Å²) >= 11 is 0. The molecular formula is C28H42O25S4. The molecule has 0 aromatic heterocycles. The fraction of sp³-hybridized carbons (Fsp3) is 0.143. The summed E-state index contributed by atoms with van der Waals surface area (Å²) < 4.78 is 137. The van der Waals surface area contributed by atoms with E-state index in [0.717, 1.165) is 48.5 Å². The van der Waals surface area contributed by atoms with Gasteiger partial charge >= 0.3 is 0 Å². The molecule has 328 valence electrons. The molecule has 57 heavy (non-hydrogen) atoms. The topological polar surface area (TPSA) is 582 Å². The molecular weight excluding hydrogens is 865 g/mol. The van der Waals surface area contributed by atoms with Gasteiger partial charge in [-0.25, -0.2) is 0 Å². The highest BCUT2D eigenvalue weighted by Gasteiger charge is 2.26. The Bertz CT molecular complexity index is 2060. The standard InChI is InChI=1S/C28H24O16S4.9H2O/c29-25-13-1-14-6-22(46(36,37)38)8-16(26(14)30)3-18-10-24(48(42,43)44)12-20(28(18)32)4-19-11-23(47(39,40)41)9-17(27(19)31)2-15(25)7-21(5-13)45(33,34)35;;;;;;;;;/h5-12,29-32H,1-4H2,(H,33,34,35)(H,36,37,38)(H,39,40,41)(H,42,43,44);9*1H2. The van der Waals surface area contributed by atoms with Crippen LogP contribution in [-0.4, -0.2) is 122 Å². The van der Waals surface area contributed by atoms with Crippen molar-refractivity contribution in [3.05, 3.63) is 93.0 Å². The van der Waals surface area contributed by atoms with Gasteiger partial charge in [-0.15, -0.1) is 0 Å². The molecule has 4 aromatic rings. The maximum absolute atomic E-state index is 12.2. The largest absolute Gasteiger partial charge is 0.507 e. The molecule has 0 heterocycles. The summed E-state index contributed by atoms with van der Waals surface area (Å²) in [4.78, 5) is -3.22. The van der Waals surface area contributed by atoms with E-state index in [9.17, 15) is 72.3 Å². The Labute approximate surface area is 322 Å². The first-order valence-corrected chi connectivity index (χ1v) is 19.0. The van der Waals surface area contributed by atoms with Crippen molar-refractivity contribution in [2.24, 2.45) is 0 Å². The quantitative estimate of drug-likeness (QED) is 0.0781. The fourth-order valence-corrected chi connectivity index (χ4v) is 7.74. The number of benzene rings is 4. The Hall–Kier alpha value is -4.64. The van der Waals surface area contributed by atoms with Gasteiger partial charge in [-0.2, -0.15) is 33.7 Å². The smallest absolute Gasteiger partial charge is 0.294 e. The van der Waals surface area contributed by atoms with E-state index in [4.69, 9.17) is 0 Å². The van der Waals surface area contributed by atoms with Crippen LogP contribution in [0.5, 0.6) is 23.0 Å². The maximum Gasteiger partial charge on any atom is 0.294 e. The van der Waals surface area contributed by atoms with Crippen LogP contribution in [0.2, 0.25) is 0 Å². The molecule has 0 fully saturated rings. The Morgan fingerprint density at radius 3 is 0.474 bits per heavy atom. The number of rotatable bonds is 4. The van der Waals surface area contributed by atoms with Crippen molar-refractivity contribution < 1.29 is 122 Å². The zero-order chi connectivity index (χ0) is 35.7. The van der Waals surface area contributed by atoms with Crippen LogP contribution in [-0.2, 0) is 66.2 Å². The van der Waals surface area contributed by atoms with Gasteiger partial charge in [0.25, 0.3) is 40.5 Å². The monoisotopic (exact) mass is 906 g/mol. The van der Waals surface area contributed by atoms with E-state index < -0.39 is 109 Å². The molecule has 0 radical (unpaired) electrons. The second-order valence-electron chi connectivity index (χ2n) is 11.0. The predicted octanol–water partition coefficient (Wildman–Crippen LogP) is -5.25. The van der Waals surface area contributed by atoms with Crippen LogP contribution in [0, 0.1) is 0 Å². The summed E-state index contributed by atoms with van der Waals surface area (Å²) in [6.45, 7) is 0. The lowest BCUT2D eigenvalue weighted by Gasteiger charge is -2.19. The van der Waals surface area contributed by atoms with E-state index in [-0.39, 0.29) is 93.8 Å². The molecule has 29 heteroatoms. The van der Waals surface area contributed by atoms with Crippen LogP contribution in [0.1, 0.15) is 44.5 Å². The van der Waals surface area contributed by atoms with Crippen molar-refractivity contribution in [1.82, 2.24) is 0 Å². The Balaban J connectivity index is -0.00000100. The summed E-state index contributed by atoms with van der Waals surface area (Å²) in [5, 5.41) is 44.8. The summed E-state index contributed by atoms with van der Waals surface area (Å²) in [6.07, 6.45) is -2.74. The maximum atomic E-state index is 12.2. The van der Waals surface area contributed by atoms with Gasteiger partial charge in [0.1, 0.15) is 23.0 Å². The minimum atomic E-state index is -5.01. The molecule has 1 aliphatic carbocycles.